The van der Waals surface area contributed by atoms with Gasteiger partial charge in [-0.05, 0) is 29.0 Å². The van der Waals surface area contributed by atoms with E-state index in [1.165, 1.54) is 14.2 Å². The highest BCUT2D eigenvalue weighted by molar-refractivity contribution is 6.08. The largest absolute Gasteiger partial charge is 0.493 e. The lowest BCUT2D eigenvalue weighted by atomic mass is 10.0. The van der Waals surface area contributed by atoms with Gasteiger partial charge in [-0.3, -0.25) is 4.79 Å². The third-order valence-electron chi connectivity index (χ3n) is 4.47. The van der Waals surface area contributed by atoms with Crippen LogP contribution >= 0.6 is 0 Å². The third kappa shape index (κ3) is 3.08. The molecular formula is C22H18O5. The standard InChI is InChI=1S/C22H18O5/c1-24-18-8-5-9-19(25-2)22(18)27-20(23)12-15-13-26-17-11-10-14-6-3-4-7-16(14)21(15)17/h3-11,13H,12H2,1-2H3. The SMILES string of the molecule is COc1cccc(OC)c1OC(=O)Cc1coc2ccc3ccccc3c12. The summed E-state index contributed by atoms with van der Waals surface area (Å²) in [5.74, 6) is 0.717. The minimum atomic E-state index is -0.423. The van der Waals surface area contributed by atoms with E-state index in [1.54, 1.807) is 24.5 Å². The molecule has 0 fully saturated rings. The van der Waals surface area contributed by atoms with Crippen molar-refractivity contribution in [2.24, 2.45) is 0 Å². The summed E-state index contributed by atoms with van der Waals surface area (Å²) in [5, 5.41) is 3.06. The molecule has 0 unspecified atom stereocenters. The van der Waals surface area contributed by atoms with Crippen LogP contribution in [0.4, 0.5) is 0 Å². The van der Waals surface area contributed by atoms with E-state index in [-0.39, 0.29) is 12.2 Å². The summed E-state index contributed by atoms with van der Waals surface area (Å²) in [6.07, 6.45) is 1.68. The van der Waals surface area contributed by atoms with Crippen molar-refractivity contribution < 1.29 is 23.4 Å². The summed E-state index contributed by atoms with van der Waals surface area (Å²) in [4.78, 5) is 12.6. The Morgan fingerprint density at radius 2 is 1.67 bits per heavy atom. The van der Waals surface area contributed by atoms with Gasteiger partial charge in [0.1, 0.15) is 5.58 Å². The van der Waals surface area contributed by atoms with Crippen molar-refractivity contribution in [1.82, 2.24) is 0 Å². The van der Waals surface area contributed by atoms with Crippen molar-refractivity contribution in [2.75, 3.05) is 14.2 Å². The van der Waals surface area contributed by atoms with E-state index in [0.717, 1.165) is 27.3 Å². The van der Waals surface area contributed by atoms with Crippen LogP contribution in [0.2, 0.25) is 0 Å². The molecule has 136 valence electrons. The zero-order valence-electron chi connectivity index (χ0n) is 15.0. The summed E-state index contributed by atoms with van der Waals surface area (Å²) in [6.45, 7) is 0. The van der Waals surface area contributed by atoms with Crippen molar-refractivity contribution in [2.45, 2.75) is 6.42 Å². The van der Waals surface area contributed by atoms with Crippen molar-refractivity contribution in [3.8, 4) is 17.2 Å². The molecule has 0 spiro atoms. The minimum Gasteiger partial charge on any atom is -0.493 e. The maximum Gasteiger partial charge on any atom is 0.316 e. The molecule has 0 radical (unpaired) electrons. The fraction of sp³-hybridized carbons (Fsp3) is 0.136. The fourth-order valence-electron chi connectivity index (χ4n) is 3.23. The second-order valence-corrected chi connectivity index (χ2v) is 6.06. The number of furan rings is 1. The van der Waals surface area contributed by atoms with Gasteiger partial charge in [0.05, 0.1) is 26.9 Å². The normalized spacial score (nSPS) is 10.9. The summed E-state index contributed by atoms with van der Waals surface area (Å²) in [7, 11) is 3.03. The molecule has 0 aliphatic heterocycles. The summed E-state index contributed by atoms with van der Waals surface area (Å²) in [5.41, 5.74) is 1.52. The number of hydrogen-bond acceptors (Lipinski definition) is 5. The first-order chi connectivity index (χ1) is 13.2. The van der Waals surface area contributed by atoms with Crippen LogP contribution in [0.15, 0.2) is 65.3 Å². The van der Waals surface area contributed by atoms with Crippen LogP contribution in [0.25, 0.3) is 21.7 Å². The van der Waals surface area contributed by atoms with E-state index in [4.69, 9.17) is 18.6 Å². The van der Waals surface area contributed by atoms with E-state index in [9.17, 15) is 4.79 Å². The lowest BCUT2D eigenvalue weighted by Gasteiger charge is -2.12. The van der Waals surface area contributed by atoms with E-state index in [0.29, 0.717) is 11.5 Å². The van der Waals surface area contributed by atoms with Gasteiger partial charge in [-0.2, -0.15) is 0 Å². The van der Waals surface area contributed by atoms with Gasteiger partial charge in [0.2, 0.25) is 5.75 Å². The predicted molar refractivity (Wildman–Crippen MR) is 103 cm³/mol. The zero-order chi connectivity index (χ0) is 18.8. The molecule has 4 aromatic rings. The number of esters is 1. The van der Waals surface area contributed by atoms with E-state index in [1.807, 2.05) is 36.4 Å². The Morgan fingerprint density at radius 1 is 0.926 bits per heavy atom. The van der Waals surface area contributed by atoms with Gasteiger partial charge in [0.25, 0.3) is 0 Å². The summed E-state index contributed by atoms with van der Waals surface area (Å²) >= 11 is 0. The van der Waals surface area contributed by atoms with Gasteiger partial charge < -0.3 is 18.6 Å². The Bertz CT molecular complexity index is 1100. The quantitative estimate of drug-likeness (QED) is 0.379. The average molecular weight is 362 g/mol. The molecule has 0 saturated heterocycles. The Balaban J connectivity index is 1.68. The maximum absolute atomic E-state index is 12.6. The molecular weight excluding hydrogens is 344 g/mol. The molecule has 0 saturated carbocycles. The Morgan fingerprint density at radius 3 is 2.41 bits per heavy atom. The Kier molecular flexibility index (Phi) is 4.42. The second-order valence-electron chi connectivity index (χ2n) is 6.06. The van der Waals surface area contributed by atoms with Crippen molar-refractivity contribution >= 4 is 27.7 Å². The molecule has 0 amide bonds. The number of hydrogen-bond donors (Lipinski definition) is 0. The molecule has 0 N–H and O–H groups in total. The first-order valence-corrected chi connectivity index (χ1v) is 8.50. The van der Waals surface area contributed by atoms with Crippen LogP contribution in [0.3, 0.4) is 0 Å². The lowest BCUT2D eigenvalue weighted by molar-refractivity contribution is -0.133. The summed E-state index contributed by atoms with van der Waals surface area (Å²) in [6, 6.07) is 17.1. The van der Waals surface area contributed by atoms with Gasteiger partial charge >= 0.3 is 5.97 Å². The topological polar surface area (TPSA) is 57.9 Å². The smallest absolute Gasteiger partial charge is 0.316 e. The van der Waals surface area contributed by atoms with E-state index < -0.39 is 5.97 Å². The van der Waals surface area contributed by atoms with Gasteiger partial charge in [-0.1, -0.05) is 36.4 Å². The molecule has 0 aliphatic carbocycles. The molecule has 0 aliphatic rings. The van der Waals surface area contributed by atoms with Crippen LogP contribution in [0.1, 0.15) is 5.56 Å². The number of benzene rings is 3. The highest BCUT2D eigenvalue weighted by atomic mass is 16.6. The molecule has 0 atom stereocenters. The molecule has 27 heavy (non-hydrogen) atoms. The first-order valence-electron chi connectivity index (χ1n) is 8.50. The number of carbonyl (C=O) groups is 1. The van der Waals surface area contributed by atoms with Crippen LogP contribution in [0.5, 0.6) is 17.2 Å². The first kappa shape index (κ1) is 17.0. The Labute approximate surface area is 156 Å². The molecule has 5 heteroatoms. The predicted octanol–water partition coefficient (Wildman–Crippen LogP) is 4.75. The molecule has 3 aromatic carbocycles. The molecule has 1 heterocycles. The lowest BCUT2D eigenvalue weighted by Crippen LogP contribution is -2.12. The van der Waals surface area contributed by atoms with Crippen LogP contribution in [-0.2, 0) is 11.2 Å². The van der Waals surface area contributed by atoms with Crippen LogP contribution < -0.4 is 14.2 Å². The number of para-hydroxylation sites is 1. The van der Waals surface area contributed by atoms with E-state index in [2.05, 4.69) is 0 Å². The van der Waals surface area contributed by atoms with Gasteiger partial charge in [-0.25, -0.2) is 0 Å². The molecule has 5 nitrogen and oxygen atoms in total. The number of ether oxygens (including phenoxy) is 3. The number of methoxy groups -OCH3 is 2. The number of rotatable bonds is 5. The number of fused-ring (bicyclic) bond motifs is 3. The zero-order valence-corrected chi connectivity index (χ0v) is 15.0. The van der Waals surface area contributed by atoms with E-state index >= 15 is 0 Å². The van der Waals surface area contributed by atoms with Gasteiger partial charge in [-0.15, -0.1) is 0 Å². The molecule has 4 rings (SSSR count). The van der Waals surface area contributed by atoms with Gasteiger partial charge in [0.15, 0.2) is 11.5 Å². The highest BCUT2D eigenvalue weighted by Crippen LogP contribution is 2.37. The van der Waals surface area contributed by atoms with Crippen molar-refractivity contribution in [3.05, 3.63) is 66.4 Å². The fourth-order valence-corrected chi connectivity index (χ4v) is 3.23. The highest BCUT2D eigenvalue weighted by Gasteiger charge is 2.18. The van der Waals surface area contributed by atoms with Gasteiger partial charge in [0, 0.05) is 10.9 Å². The Hall–Kier alpha value is -3.47. The summed E-state index contributed by atoms with van der Waals surface area (Å²) < 4.78 is 21.8. The minimum absolute atomic E-state index is 0.0716. The monoisotopic (exact) mass is 362 g/mol. The molecule has 1 aromatic heterocycles. The maximum atomic E-state index is 12.6. The third-order valence-corrected chi connectivity index (χ3v) is 4.47. The molecule has 0 bridgehead atoms. The van der Waals surface area contributed by atoms with Crippen molar-refractivity contribution in [1.29, 1.82) is 0 Å². The van der Waals surface area contributed by atoms with Crippen LogP contribution in [0, 0.1) is 0 Å². The van der Waals surface area contributed by atoms with Crippen molar-refractivity contribution in [3.63, 3.8) is 0 Å². The number of carbonyl (C=O) groups excluding carboxylic acids is 1. The van der Waals surface area contributed by atoms with Crippen LogP contribution in [-0.4, -0.2) is 20.2 Å². The second kappa shape index (κ2) is 7.03. The average Bonchev–Trinajstić information content (AvgIpc) is 3.11.